The molecule has 0 atom stereocenters. The average Bonchev–Trinajstić information content (AvgIpc) is 2.68. The van der Waals surface area contributed by atoms with Gasteiger partial charge in [-0.25, -0.2) is 9.78 Å². The molecule has 0 unspecified atom stereocenters. The fourth-order valence-electron chi connectivity index (χ4n) is 1.10. The maximum atomic E-state index is 10.6. The lowest BCUT2D eigenvalue weighted by Gasteiger charge is -1.94. The summed E-state index contributed by atoms with van der Waals surface area (Å²) >= 11 is 0. The first-order chi connectivity index (χ1) is 7.16. The van der Waals surface area contributed by atoms with E-state index in [4.69, 9.17) is 9.52 Å². The number of carboxylic acid groups (broad SMARTS) is 1. The standard InChI is InChI=1S/C10H8N2O3/c1-6-2-3-7(4-11-6)9-12-5-8(15-9)10(13)14/h2-5H,1H3,(H,13,14). The third-order valence-electron chi connectivity index (χ3n) is 1.87. The Balaban J connectivity index is 2.37. The molecule has 0 fully saturated rings. The first-order valence-corrected chi connectivity index (χ1v) is 4.29. The lowest BCUT2D eigenvalue weighted by atomic mass is 10.2. The van der Waals surface area contributed by atoms with Crippen molar-refractivity contribution >= 4 is 5.97 Å². The average molecular weight is 204 g/mol. The maximum absolute atomic E-state index is 10.6. The maximum Gasteiger partial charge on any atom is 0.373 e. The second-order valence-electron chi connectivity index (χ2n) is 3.02. The second kappa shape index (κ2) is 3.53. The summed E-state index contributed by atoms with van der Waals surface area (Å²) in [6, 6.07) is 3.58. The molecule has 0 bridgehead atoms. The molecular weight excluding hydrogens is 196 g/mol. The number of carbonyl (C=O) groups is 1. The number of oxazole rings is 1. The van der Waals surface area contributed by atoms with Gasteiger partial charge in [0.1, 0.15) is 0 Å². The van der Waals surface area contributed by atoms with Gasteiger partial charge in [0.05, 0.1) is 11.8 Å². The van der Waals surface area contributed by atoms with Crippen molar-refractivity contribution in [2.24, 2.45) is 0 Å². The molecule has 2 aromatic heterocycles. The molecule has 0 saturated carbocycles. The Hall–Kier alpha value is -2.17. The summed E-state index contributed by atoms with van der Waals surface area (Å²) in [7, 11) is 0. The van der Waals surface area contributed by atoms with Crippen LogP contribution in [-0.2, 0) is 0 Å². The highest BCUT2D eigenvalue weighted by atomic mass is 16.4. The molecule has 0 aliphatic carbocycles. The van der Waals surface area contributed by atoms with Gasteiger partial charge in [0.25, 0.3) is 0 Å². The van der Waals surface area contributed by atoms with Crippen molar-refractivity contribution in [3.63, 3.8) is 0 Å². The van der Waals surface area contributed by atoms with E-state index >= 15 is 0 Å². The number of aromatic nitrogens is 2. The van der Waals surface area contributed by atoms with Crippen LogP contribution < -0.4 is 0 Å². The van der Waals surface area contributed by atoms with Gasteiger partial charge in [0, 0.05) is 11.9 Å². The van der Waals surface area contributed by atoms with Crippen molar-refractivity contribution in [1.29, 1.82) is 0 Å². The number of hydrogen-bond acceptors (Lipinski definition) is 4. The predicted molar refractivity (Wildman–Crippen MR) is 51.4 cm³/mol. The fourth-order valence-corrected chi connectivity index (χ4v) is 1.10. The molecule has 5 heteroatoms. The number of carboxylic acids is 1. The number of aromatic carboxylic acids is 1. The fraction of sp³-hybridized carbons (Fsp3) is 0.100. The van der Waals surface area contributed by atoms with Crippen LogP contribution in [0, 0.1) is 6.92 Å². The summed E-state index contributed by atoms with van der Waals surface area (Å²) in [6.45, 7) is 1.86. The SMILES string of the molecule is Cc1ccc(-c2ncc(C(=O)O)o2)cn1. The van der Waals surface area contributed by atoms with Crippen LogP contribution >= 0.6 is 0 Å². The molecular formula is C10H8N2O3. The van der Waals surface area contributed by atoms with Crippen LogP contribution in [0.2, 0.25) is 0 Å². The van der Waals surface area contributed by atoms with Gasteiger partial charge in [-0.3, -0.25) is 4.98 Å². The van der Waals surface area contributed by atoms with E-state index in [2.05, 4.69) is 9.97 Å². The first kappa shape index (κ1) is 9.39. The monoisotopic (exact) mass is 204 g/mol. The molecule has 2 heterocycles. The van der Waals surface area contributed by atoms with Crippen molar-refractivity contribution in [2.75, 3.05) is 0 Å². The Kier molecular flexibility index (Phi) is 2.21. The summed E-state index contributed by atoms with van der Waals surface area (Å²) in [5.41, 5.74) is 1.54. The minimum atomic E-state index is -1.13. The van der Waals surface area contributed by atoms with Crippen molar-refractivity contribution in [3.8, 4) is 11.5 Å². The van der Waals surface area contributed by atoms with Gasteiger partial charge in [-0.2, -0.15) is 0 Å². The predicted octanol–water partition coefficient (Wildman–Crippen LogP) is 1.74. The molecule has 0 aliphatic heterocycles. The summed E-state index contributed by atoms with van der Waals surface area (Å²) in [5, 5.41) is 8.64. The van der Waals surface area contributed by atoms with Crippen molar-refractivity contribution in [2.45, 2.75) is 6.92 Å². The van der Waals surface area contributed by atoms with Crippen molar-refractivity contribution < 1.29 is 14.3 Å². The quantitative estimate of drug-likeness (QED) is 0.806. The molecule has 15 heavy (non-hydrogen) atoms. The Labute approximate surface area is 85.4 Å². The topological polar surface area (TPSA) is 76.2 Å². The second-order valence-corrected chi connectivity index (χ2v) is 3.02. The molecule has 2 aromatic rings. The van der Waals surface area contributed by atoms with Crippen LogP contribution in [0.4, 0.5) is 0 Å². The summed E-state index contributed by atoms with van der Waals surface area (Å²) < 4.78 is 5.02. The first-order valence-electron chi connectivity index (χ1n) is 4.29. The zero-order valence-electron chi connectivity index (χ0n) is 7.97. The Morgan fingerprint density at radius 2 is 2.13 bits per heavy atom. The summed E-state index contributed by atoms with van der Waals surface area (Å²) in [4.78, 5) is 18.5. The molecule has 0 spiro atoms. The van der Waals surface area contributed by atoms with Gasteiger partial charge in [-0.15, -0.1) is 0 Å². The molecule has 0 saturated heterocycles. The number of aryl methyl sites for hydroxylation is 1. The van der Waals surface area contributed by atoms with E-state index in [1.54, 1.807) is 18.3 Å². The van der Waals surface area contributed by atoms with E-state index in [1.165, 1.54) is 6.20 Å². The van der Waals surface area contributed by atoms with Crippen molar-refractivity contribution in [3.05, 3.63) is 36.0 Å². The van der Waals surface area contributed by atoms with Gasteiger partial charge in [-0.05, 0) is 19.1 Å². The highest BCUT2D eigenvalue weighted by molar-refractivity contribution is 5.84. The lowest BCUT2D eigenvalue weighted by Crippen LogP contribution is -1.91. The minimum Gasteiger partial charge on any atom is -0.475 e. The summed E-state index contributed by atoms with van der Waals surface area (Å²) in [6.07, 6.45) is 2.77. The number of nitrogens with zero attached hydrogens (tertiary/aromatic N) is 2. The molecule has 0 amide bonds. The van der Waals surface area contributed by atoms with E-state index in [0.717, 1.165) is 5.69 Å². The van der Waals surface area contributed by atoms with Gasteiger partial charge in [0.15, 0.2) is 0 Å². The highest BCUT2D eigenvalue weighted by Crippen LogP contribution is 2.18. The normalized spacial score (nSPS) is 10.2. The third kappa shape index (κ3) is 1.85. The van der Waals surface area contributed by atoms with E-state index in [1.807, 2.05) is 6.92 Å². The van der Waals surface area contributed by atoms with E-state index < -0.39 is 5.97 Å². The summed E-state index contributed by atoms with van der Waals surface area (Å²) in [5.74, 6) is -1.04. The van der Waals surface area contributed by atoms with Crippen LogP contribution in [0.3, 0.4) is 0 Å². The largest absolute Gasteiger partial charge is 0.475 e. The number of hydrogen-bond donors (Lipinski definition) is 1. The van der Waals surface area contributed by atoms with Crippen molar-refractivity contribution in [1.82, 2.24) is 9.97 Å². The van der Waals surface area contributed by atoms with Crippen LogP contribution in [-0.4, -0.2) is 21.0 Å². The zero-order valence-corrected chi connectivity index (χ0v) is 7.97. The third-order valence-corrected chi connectivity index (χ3v) is 1.87. The minimum absolute atomic E-state index is 0.175. The molecule has 76 valence electrons. The molecule has 1 N–H and O–H groups in total. The highest BCUT2D eigenvalue weighted by Gasteiger charge is 2.11. The van der Waals surface area contributed by atoms with Crippen LogP contribution in [0.25, 0.3) is 11.5 Å². The molecule has 0 aromatic carbocycles. The Bertz CT molecular complexity index is 488. The number of pyridine rings is 1. The van der Waals surface area contributed by atoms with E-state index in [-0.39, 0.29) is 11.7 Å². The van der Waals surface area contributed by atoms with Gasteiger partial charge < -0.3 is 9.52 Å². The van der Waals surface area contributed by atoms with Gasteiger partial charge in [0.2, 0.25) is 11.7 Å². The molecule has 0 radical (unpaired) electrons. The Morgan fingerprint density at radius 1 is 1.33 bits per heavy atom. The smallest absolute Gasteiger partial charge is 0.373 e. The van der Waals surface area contributed by atoms with Crippen LogP contribution in [0.15, 0.2) is 28.9 Å². The van der Waals surface area contributed by atoms with E-state index in [0.29, 0.717) is 5.56 Å². The molecule has 5 nitrogen and oxygen atoms in total. The van der Waals surface area contributed by atoms with Gasteiger partial charge >= 0.3 is 5.97 Å². The van der Waals surface area contributed by atoms with Gasteiger partial charge in [-0.1, -0.05) is 0 Å². The van der Waals surface area contributed by atoms with E-state index in [9.17, 15) is 4.79 Å². The van der Waals surface area contributed by atoms with Crippen LogP contribution in [0.1, 0.15) is 16.2 Å². The molecule has 0 aliphatic rings. The Morgan fingerprint density at radius 3 is 2.67 bits per heavy atom. The zero-order chi connectivity index (χ0) is 10.8. The van der Waals surface area contributed by atoms with Crippen LogP contribution in [0.5, 0.6) is 0 Å². The number of rotatable bonds is 2. The lowest BCUT2D eigenvalue weighted by molar-refractivity contribution is 0.0663. The molecule has 2 rings (SSSR count).